The number of anilines is 1. The quantitative estimate of drug-likeness (QED) is 0.575. The molecule has 0 amide bonds. The molecule has 4 aliphatic rings. The van der Waals surface area contributed by atoms with Gasteiger partial charge in [-0.05, 0) is 59.7 Å². The average Bonchev–Trinajstić information content (AvgIpc) is 3.06. The second kappa shape index (κ2) is 8.18. The Labute approximate surface area is 208 Å². The Morgan fingerprint density at radius 2 is 1.71 bits per heavy atom. The molecule has 0 fully saturated rings. The smallest absolute Gasteiger partial charge is 0.162 e. The molecule has 0 saturated carbocycles. The molecule has 1 atom stereocenters. The van der Waals surface area contributed by atoms with Gasteiger partial charge in [0.15, 0.2) is 17.3 Å². The molecule has 3 aliphatic heterocycles. The first-order valence-electron chi connectivity index (χ1n) is 12.8. The van der Waals surface area contributed by atoms with Gasteiger partial charge < -0.3 is 19.3 Å². The minimum atomic E-state index is -0.0435. The van der Waals surface area contributed by atoms with Crippen molar-refractivity contribution < 1.29 is 14.3 Å². The van der Waals surface area contributed by atoms with E-state index in [-0.39, 0.29) is 17.1 Å². The molecule has 0 radical (unpaired) electrons. The number of hydrogen-bond acceptors (Lipinski definition) is 5. The van der Waals surface area contributed by atoms with E-state index in [4.69, 9.17) is 9.47 Å². The predicted molar refractivity (Wildman–Crippen MR) is 139 cm³/mol. The van der Waals surface area contributed by atoms with Crippen LogP contribution in [0.15, 0.2) is 53.7 Å². The van der Waals surface area contributed by atoms with Crippen LogP contribution in [-0.2, 0) is 11.2 Å². The van der Waals surface area contributed by atoms with Crippen LogP contribution in [0.1, 0.15) is 55.7 Å². The molecular formula is C30H34N2O3. The van der Waals surface area contributed by atoms with E-state index in [1.807, 2.05) is 0 Å². The molecule has 0 unspecified atom stereocenters. The number of benzene rings is 2. The summed E-state index contributed by atoms with van der Waals surface area (Å²) in [7, 11) is 4.10. The van der Waals surface area contributed by atoms with Gasteiger partial charge in [-0.3, -0.25) is 4.79 Å². The van der Waals surface area contributed by atoms with Gasteiger partial charge in [0.05, 0.1) is 13.2 Å². The maximum absolute atomic E-state index is 13.6. The largest absolute Gasteiger partial charge is 0.490 e. The Morgan fingerprint density at radius 1 is 1.00 bits per heavy atom. The second-order valence-corrected chi connectivity index (χ2v) is 11.2. The van der Waals surface area contributed by atoms with Crippen molar-refractivity contribution in [1.29, 1.82) is 0 Å². The molecule has 0 saturated heterocycles. The molecule has 35 heavy (non-hydrogen) atoms. The SMILES string of the molecule is CN(C)c1ccc([C@@H]2C=C3c4cc5c(cc4CCN3C3=C2C(=O)CC(C)(C)C3)OCCCO5)cc1. The lowest BCUT2D eigenvalue weighted by molar-refractivity contribution is -0.118. The van der Waals surface area contributed by atoms with Crippen LogP contribution in [-0.4, -0.2) is 44.5 Å². The number of nitrogens with zero attached hydrogens (tertiary/aromatic N) is 2. The van der Waals surface area contributed by atoms with E-state index in [0.717, 1.165) is 48.6 Å². The van der Waals surface area contributed by atoms with Crippen molar-refractivity contribution >= 4 is 17.2 Å². The number of Topliss-reactive ketones (excluding diaryl/α,β-unsaturated/α-hetero) is 1. The fraction of sp³-hybridized carbons (Fsp3) is 0.433. The molecule has 0 bridgehead atoms. The third-order valence-corrected chi connectivity index (χ3v) is 7.77. The molecule has 2 aromatic rings. The molecule has 0 N–H and O–H groups in total. The molecule has 3 heterocycles. The molecule has 182 valence electrons. The molecule has 0 spiro atoms. The normalized spacial score (nSPS) is 22.5. The highest BCUT2D eigenvalue weighted by Crippen LogP contribution is 2.51. The lowest BCUT2D eigenvalue weighted by atomic mass is 9.69. The molecule has 0 aromatic heterocycles. The summed E-state index contributed by atoms with van der Waals surface area (Å²) in [6.45, 7) is 6.69. The minimum absolute atomic E-state index is 0.0390. The van der Waals surface area contributed by atoms with Crippen molar-refractivity contribution in [3.8, 4) is 11.5 Å². The zero-order valence-electron chi connectivity index (χ0n) is 21.2. The summed E-state index contributed by atoms with van der Waals surface area (Å²) in [5, 5.41) is 0. The zero-order valence-corrected chi connectivity index (χ0v) is 21.2. The summed E-state index contributed by atoms with van der Waals surface area (Å²) in [6, 6.07) is 13.0. The van der Waals surface area contributed by atoms with Gasteiger partial charge in [-0.1, -0.05) is 26.0 Å². The summed E-state index contributed by atoms with van der Waals surface area (Å²) in [4.78, 5) is 18.1. The van der Waals surface area contributed by atoms with Crippen molar-refractivity contribution in [3.05, 3.63) is 70.4 Å². The van der Waals surface area contributed by atoms with E-state index in [1.54, 1.807) is 0 Å². The van der Waals surface area contributed by atoms with E-state index in [0.29, 0.717) is 19.6 Å². The van der Waals surface area contributed by atoms with E-state index in [9.17, 15) is 4.79 Å². The van der Waals surface area contributed by atoms with E-state index >= 15 is 0 Å². The highest BCUT2D eigenvalue weighted by atomic mass is 16.5. The Balaban J connectivity index is 1.50. The van der Waals surface area contributed by atoms with Crippen molar-refractivity contribution in [1.82, 2.24) is 4.90 Å². The highest BCUT2D eigenvalue weighted by molar-refractivity contribution is 6.01. The maximum atomic E-state index is 13.6. The van der Waals surface area contributed by atoms with Crippen LogP contribution in [0.3, 0.4) is 0 Å². The third kappa shape index (κ3) is 3.81. The van der Waals surface area contributed by atoms with Crippen LogP contribution in [0.5, 0.6) is 11.5 Å². The van der Waals surface area contributed by atoms with Crippen LogP contribution in [0, 0.1) is 5.41 Å². The van der Waals surface area contributed by atoms with Gasteiger partial charge in [0, 0.05) is 67.6 Å². The number of hydrogen-bond donors (Lipinski definition) is 0. The first kappa shape index (κ1) is 22.3. The summed E-state index contributed by atoms with van der Waals surface area (Å²) in [5.41, 5.74) is 8.20. The number of ketones is 1. The average molecular weight is 471 g/mol. The Hall–Kier alpha value is -3.21. The third-order valence-electron chi connectivity index (χ3n) is 7.77. The topological polar surface area (TPSA) is 42.0 Å². The summed E-state index contributed by atoms with van der Waals surface area (Å²) in [5.74, 6) is 1.93. The summed E-state index contributed by atoms with van der Waals surface area (Å²) in [6.07, 6.45) is 5.66. The van der Waals surface area contributed by atoms with Gasteiger partial charge in [-0.2, -0.15) is 0 Å². The van der Waals surface area contributed by atoms with Crippen molar-refractivity contribution in [2.45, 2.75) is 45.4 Å². The first-order chi connectivity index (χ1) is 16.8. The van der Waals surface area contributed by atoms with Crippen molar-refractivity contribution in [2.24, 2.45) is 5.41 Å². The maximum Gasteiger partial charge on any atom is 0.162 e. The standard InChI is InChI=1S/C30H34N2O3/c1-30(2)17-25-29(26(33)18-30)23(19-6-8-21(9-7-19)31(3)4)15-24-22-16-28-27(34-12-5-13-35-28)14-20(22)10-11-32(24)25/h6-9,14-16,23H,5,10-13,17-18H2,1-4H3/t23-/m0/s1. The van der Waals surface area contributed by atoms with Gasteiger partial charge in [-0.15, -0.1) is 0 Å². The Kier molecular flexibility index (Phi) is 5.21. The number of fused-ring (bicyclic) bond motifs is 5. The summed E-state index contributed by atoms with van der Waals surface area (Å²) < 4.78 is 12.0. The van der Waals surface area contributed by atoms with Crippen molar-refractivity contribution in [2.75, 3.05) is 38.8 Å². The predicted octanol–water partition coefficient (Wildman–Crippen LogP) is 5.55. The first-order valence-corrected chi connectivity index (χ1v) is 12.8. The number of carbonyl (C=O) groups excluding carboxylic acids is 1. The summed E-state index contributed by atoms with van der Waals surface area (Å²) >= 11 is 0. The number of rotatable bonds is 2. The van der Waals surface area contributed by atoms with Gasteiger partial charge in [0.2, 0.25) is 0 Å². The van der Waals surface area contributed by atoms with Crippen LogP contribution >= 0.6 is 0 Å². The van der Waals surface area contributed by atoms with Crippen LogP contribution in [0.2, 0.25) is 0 Å². The van der Waals surface area contributed by atoms with E-state index < -0.39 is 0 Å². The fourth-order valence-electron chi connectivity index (χ4n) is 6.03. The van der Waals surface area contributed by atoms with Gasteiger partial charge in [0.1, 0.15) is 0 Å². The Morgan fingerprint density at radius 3 is 2.43 bits per heavy atom. The lowest BCUT2D eigenvalue weighted by Gasteiger charge is -2.46. The Bertz CT molecular complexity index is 1250. The van der Waals surface area contributed by atoms with E-state index in [2.05, 4.69) is 80.2 Å². The van der Waals surface area contributed by atoms with Crippen LogP contribution in [0.4, 0.5) is 5.69 Å². The lowest BCUT2D eigenvalue weighted by Crippen LogP contribution is -2.40. The van der Waals surface area contributed by atoms with Gasteiger partial charge in [-0.25, -0.2) is 0 Å². The monoisotopic (exact) mass is 470 g/mol. The number of ether oxygens (including phenoxy) is 2. The van der Waals surface area contributed by atoms with Gasteiger partial charge in [0.25, 0.3) is 0 Å². The second-order valence-electron chi connectivity index (χ2n) is 11.2. The molecular weight excluding hydrogens is 436 g/mol. The molecule has 5 nitrogen and oxygen atoms in total. The van der Waals surface area contributed by atoms with E-state index in [1.165, 1.54) is 28.1 Å². The molecule has 2 aromatic carbocycles. The number of carbonyl (C=O) groups is 1. The molecule has 6 rings (SSSR count). The highest BCUT2D eigenvalue weighted by Gasteiger charge is 2.42. The van der Waals surface area contributed by atoms with Gasteiger partial charge >= 0.3 is 0 Å². The number of allylic oxidation sites excluding steroid dienone is 3. The van der Waals surface area contributed by atoms with Crippen LogP contribution in [0.25, 0.3) is 5.70 Å². The van der Waals surface area contributed by atoms with Crippen molar-refractivity contribution in [3.63, 3.8) is 0 Å². The minimum Gasteiger partial charge on any atom is -0.490 e. The fourth-order valence-corrected chi connectivity index (χ4v) is 6.03. The zero-order chi connectivity index (χ0) is 24.3. The molecule has 5 heteroatoms. The van der Waals surface area contributed by atoms with Crippen LogP contribution < -0.4 is 14.4 Å². The molecule has 1 aliphatic carbocycles.